The van der Waals surface area contributed by atoms with E-state index in [4.69, 9.17) is 9.47 Å². The van der Waals surface area contributed by atoms with Crippen LogP contribution in [-0.4, -0.2) is 31.4 Å². The second kappa shape index (κ2) is 8.04. The lowest BCUT2D eigenvalue weighted by atomic mass is 9.88. The smallest absolute Gasteiger partial charge is 0.252 e. The summed E-state index contributed by atoms with van der Waals surface area (Å²) in [6.45, 7) is 5.44. The molecule has 1 unspecified atom stereocenters. The summed E-state index contributed by atoms with van der Waals surface area (Å²) in [5.74, 6) is 0.872. The van der Waals surface area contributed by atoms with E-state index in [1.54, 1.807) is 63.6 Å². The Bertz CT molecular complexity index is 798. The fourth-order valence-electron chi connectivity index (χ4n) is 2.77. The van der Waals surface area contributed by atoms with Gasteiger partial charge in [0.1, 0.15) is 17.0 Å². The molecular formula is C21H25NO4. The zero-order valence-electron chi connectivity index (χ0n) is 15.9. The standard InChI is InChI=1S/C21H25NO4/c1-6-21(3,19(23)15-10-12-16(25-4)13-11-15)22-20(24)17-8-7-9-18(26-5)14(17)2/h7-13H,6H2,1-5H3,(H,22,24). The summed E-state index contributed by atoms with van der Waals surface area (Å²) >= 11 is 0. The minimum atomic E-state index is -1.01. The molecule has 2 aromatic rings. The van der Waals surface area contributed by atoms with E-state index >= 15 is 0 Å². The third kappa shape index (κ3) is 3.87. The molecule has 0 fully saturated rings. The third-order valence-electron chi connectivity index (χ3n) is 4.70. The molecule has 0 bridgehead atoms. The predicted octanol–water partition coefficient (Wildman–Crippen LogP) is 3.79. The molecule has 2 rings (SSSR count). The minimum absolute atomic E-state index is 0.142. The largest absolute Gasteiger partial charge is 0.497 e. The summed E-state index contributed by atoms with van der Waals surface area (Å²) < 4.78 is 10.4. The van der Waals surface area contributed by atoms with Crippen molar-refractivity contribution in [3.63, 3.8) is 0 Å². The number of hydrogen-bond donors (Lipinski definition) is 1. The van der Waals surface area contributed by atoms with Crippen LogP contribution in [0.4, 0.5) is 0 Å². The molecule has 138 valence electrons. The molecular weight excluding hydrogens is 330 g/mol. The zero-order valence-corrected chi connectivity index (χ0v) is 15.9. The van der Waals surface area contributed by atoms with E-state index in [9.17, 15) is 9.59 Å². The maximum absolute atomic E-state index is 13.0. The van der Waals surface area contributed by atoms with Gasteiger partial charge in [-0.25, -0.2) is 0 Å². The van der Waals surface area contributed by atoms with Gasteiger partial charge in [0.25, 0.3) is 5.91 Å². The van der Waals surface area contributed by atoms with Gasteiger partial charge in [0.15, 0.2) is 5.78 Å². The van der Waals surface area contributed by atoms with Crippen LogP contribution in [0.25, 0.3) is 0 Å². The lowest BCUT2D eigenvalue weighted by molar-refractivity contribution is 0.0777. The first-order valence-corrected chi connectivity index (χ1v) is 8.51. The number of carbonyl (C=O) groups is 2. The maximum Gasteiger partial charge on any atom is 0.252 e. The molecule has 0 saturated carbocycles. The summed E-state index contributed by atoms with van der Waals surface area (Å²) in [6, 6.07) is 12.2. The zero-order chi connectivity index (χ0) is 19.3. The van der Waals surface area contributed by atoms with E-state index < -0.39 is 5.54 Å². The Morgan fingerprint density at radius 1 is 1.04 bits per heavy atom. The van der Waals surface area contributed by atoms with Gasteiger partial charge in [-0.1, -0.05) is 13.0 Å². The summed E-state index contributed by atoms with van der Waals surface area (Å²) in [4.78, 5) is 25.8. The van der Waals surface area contributed by atoms with Crippen molar-refractivity contribution in [1.29, 1.82) is 0 Å². The molecule has 0 saturated heterocycles. The van der Waals surface area contributed by atoms with Crippen molar-refractivity contribution in [1.82, 2.24) is 5.32 Å². The second-order valence-electron chi connectivity index (χ2n) is 6.33. The van der Waals surface area contributed by atoms with Crippen molar-refractivity contribution in [3.8, 4) is 11.5 Å². The molecule has 1 amide bonds. The van der Waals surface area contributed by atoms with E-state index in [1.807, 2.05) is 13.8 Å². The Labute approximate surface area is 154 Å². The van der Waals surface area contributed by atoms with Crippen LogP contribution in [0.2, 0.25) is 0 Å². The van der Waals surface area contributed by atoms with E-state index in [0.29, 0.717) is 29.0 Å². The number of ether oxygens (including phenoxy) is 2. The molecule has 0 aromatic heterocycles. The van der Waals surface area contributed by atoms with Crippen LogP contribution < -0.4 is 14.8 Å². The number of rotatable bonds is 7. The average molecular weight is 355 g/mol. The Balaban J connectivity index is 2.28. The summed E-state index contributed by atoms with van der Waals surface area (Å²) in [5.41, 5.74) is 0.744. The fourth-order valence-corrected chi connectivity index (χ4v) is 2.77. The molecule has 0 spiro atoms. The normalized spacial score (nSPS) is 12.8. The monoisotopic (exact) mass is 355 g/mol. The maximum atomic E-state index is 13.0. The number of methoxy groups -OCH3 is 2. The Kier molecular flexibility index (Phi) is 6.03. The third-order valence-corrected chi connectivity index (χ3v) is 4.70. The Morgan fingerprint density at radius 2 is 1.69 bits per heavy atom. The van der Waals surface area contributed by atoms with E-state index in [0.717, 1.165) is 5.56 Å². The van der Waals surface area contributed by atoms with Gasteiger partial charge in [-0.05, 0) is 56.7 Å². The molecule has 1 atom stereocenters. The van der Waals surface area contributed by atoms with Gasteiger partial charge in [-0.15, -0.1) is 0 Å². The molecule has 1 N–H and O–H groups in total. The molecule has 26 heavy (non-hydrogen) atoms. The van der Waals surface area contributed by atoms with Crippen LogP contribution in [0.1, 0.15) is 46.5 Å². The Morgan fingerprint density at radius 3 is 2.23 bits per heavy atom. The van der Waals surface area contributed by atoms with Crippen LogP contribution >= 0.6 is 0 Å². The first kappa shape index (κ1) is 19.5. The number of hydrogen-bond acceptors (Lipinski definition) is 4. The van der Waals surface area contributed by atoms with E-state index in [2.05, 4.69) is 5.32 Å². The van der Waals surface area contributed by atoms with Gasteiger partial charge in [0.2, 0.25) is 0 Å². The number of ketones is 1. The highest BCUT2D eigenvalue weighted by Gasteiger charge is 2.34. The Hall–Kier alpha value is -2.82. The minimum Gasteiger partial charge on any atom is -0.497 e. The molecule has 5 nitrogen and oxygen atoms in total. The molecule has 0 aliphatic rings. The number of benzene rings is 2. The molecule has 5 heteroatoms. The van der Waals surface area contributed by atoms with Crippen molar-refractivity contribution in [3.05, 3.63) is 59.2 Å². The van der Waals surface area contributed by atoms with Crippen LogP contribution in [0.15, 0.2) is 42.5 Å². The van der Waals surface area contributed by atoms with Crippen LogP contribution in [0.5, 0.6) is 11.5 Å². The van der Waals surface area contributed by atoms with Crippen molar-refractivity contribution in [2.24, 2.45) is 0 Å². The van der Waals surface area contributed by atoms with Gasteiger partial charge >= 0.3 is 0 Å². The predicted molar refractivity (Wildman–Crippen MR) is 101 cm³/mol. The number of carbonyl (C=O) groups excluding carboxylic acids is 2. The number of nitrogens with one attached hydrogen (secondary N) is 1. The summed E-state index contributed by atoms with van der Waals surface area (Å²) in [6.07, 6.45) is 0.465. The lowest BCUT2D eigenvalue weighted by Gasteiger charge is -2.28. The second-order valence-corrected chi connectivity index (χ2v) is 6.33. The van der Waals surface area contributed by atoms with Crippen LogP contribution in [0, 0.1) is 6.92 Å². The van der Waals surface area contributed by atoms with Crippen LogP contribution in [-0.2, 0) is 0 Å². The molecule has 0 aliphatic carbocycles. The van der Waals surface area contributed by atoms with Gasteiger partial charge in [-0.3, -0.25) is 9.59 Å². The highest BCUT2D eigenvalue weighted by Crippen LogP contribution is 2.24. The highest BCUT2D eigenvalue weighted by atomic mass is 16.5. The van der Waals surface area contributed by atoms with Gasteiger partial charge in [0.05, 0.1) is 14.2 Å². The van der Waals surface area contributed by atoms with Gasteiger partial charge in [0, 0.05) is 16.7 Å². The number of amides is 1. The summed E-state index contributed by atoms with van der Waals surface area (Å²) in [5, 5.41) is 2.90. The molecule has 0 heterocycles. The van der Waals surface area contributed by atoms with Crippen molar-refractivity contribution in [2.75, 3.05) is 14.2 Å². The first-order valence-electron chi connectivity index (χ1n) is 8.51. The quantitative estimate of drug-likeness (QED) is 0.768. The summed E-state index contributed by atoms with van der Waals surface area (Å²) in [7, 11) is 3.14. The highest BCUT2D eigenvalue weighted by molar-refractivity contribution is 6.07. The van der Waals surface area contributed by atoms with Gasteiger partial charge in [-0.2, -0.15) is 0 Å². The topological polar surface area (TPSA) is 64.6 Å². The number of Topliss-reactive ketones (excluding diaryl/α,β-unsaturated/α-hetero) is 1. The first-order chi connectivity index (χ1) is 12.4. The van der Waals surface area contributed by atoms with Gasteiger partial charge < -0.3 is 14.8 Å². The molecule has 0 aliphatic heterocycles. The van der Waals surface area contributed by atoms with Crippen molar-refractivity contribution < 1.29 is 19.1 Å². The van der Waals surface area contributed by atoms with Crippen molar-refractivity contribution in [2.45, 2.75) is 32.7 Å². The molecule has 0 radical (unpaired) electrons. The van der Waals surface area contributed by atoms with Crippen LogP contribution in [0.3, 0.4) is 0 Å². The fraction of sp³-hybridized carbons (Fsp3) is 0.333. The SMILES string of the molecule is CCC(C)(NC(=O)c1cccc(OC)c1C)C(=O)c1ccc(OC)cc1. The average Bonchev–Trinajstić information content (AvgIpc) is 2.67. The van der Waals surface area contributed by atoms with Crippen molar-refractivity contribution >= 4 is 11.7 Å². The lowest BCUT2D eigenvalue weighted by Crippen LogP contribution is -2.51. The molecule has 2 aromatic carbocycles. The van der Waals surface area contributed by atoms with E-state index in [1.165, 1.54) is 0 Å². The van der Waals surface area contributed by atoms with E-state index in [-0.39, 0.29) is 11.7 Å².